The van der Waals surface area contributed by atoms with E-state index in [1.807, 2.05) is 11.3 Å². The molecular weight excluding hydrogens is 342 g/mol. The minimum absolute atomic E-state index is 0.357. The Labute approximate surface area is 138 Å². The van der Waals surface area contributed by atoms with E-state index in [2.05, 4.69) is 82.1 Å². The van der Waals surface area contributed by atoms with E-state index in [-0.39, 0.29) is 0 Å². The summed E-state index contributed by atoms with van der Waals surface area (Å²) in [6.45, 7) is 3.14. The molecule has 0 saturated carbocycles. The number of hydrogen-bond acceptors (Lipinski definition) is 2. The Hall–Kier alpha value is -1.16. The van der Waals surface area contributed by atoms with Crippen molar-refractivity contribution >= 4 is 38.0 Å². The lowest BCUT2D eigenvalue weighted by atomic mass is 9.98. The van der Waals surface area contributed by atoms with E-state index in [1.165, 1.54) is 25.7 Å². The molecule has 3 aromatic rings. The fraction of sp³-hybridized carbons (Fsp3) is 0.222. The van der Waals surface area contributed by atoms with Gasteiger partial charge >= 0.3 is 0 Å². The molecule has 1 nitrogen and oxygen atoms in total. The molecule has 1 heterocycles. The molecule has 108 valence electrons. The van der Waals surface area contributed by atoms with E-state index < -0.39 is 0 Å². The molecule has 0 saturated heterocycles. The summed E-state index contributed by atoms with van der Waals surface area (Å²) in [6.07, 6.45) is 1.01. The molecule has 0 amide bonds. The average molecular weight is 360 g/mol. The van der Waals surface area contributed by atoms with Crippen molar-refractivity contribution in [3.63, 3.8) is 0 Å². The van der Waals surface area contributed by atoms with Crippen LogP contribution in [0.5, 0.6) is 0 Å². The molecule has 3 rings (SSSR count). The highest BCUT2D eigenvalue weighted by atomic mass is 79.9. The van der Waals surface area contributed by atoms with Crippen molar-refractivity contribution in [1.82, 2.24) is 5.32 Å². The molecule has 2 aromatic carbocycles. The van der Waals surface area contributed by atoms with E-state index in [1.54, 1.807) is 0 Å². The summed E-state index contributed by atoms with van der Waals surface area (Å²) in [5.41, 5.74) is 1.40. The SMILES string of the molecule is CCNC(Cc1cccc2ccccc12)c1sccc1Br. The molecule has 0 fully saturated rings. The molecule has 0 spiro atoms. The molecule has 0 aliphatic heterocycles. The third kappa shape index (κ3) is 3.20. The van der Waals surface area contributed by atoms with Gasteiger partial charge in [-0.1, -0.05) is 49.4 Å². The highest BCUT2D eigenvalue weighted by molar-refractivity contribution is 9.10. The molecular formula is C18H18BrNS. The predicted octanol–water partition coefficient (Wildman–Crippen LogP) is 5.56. The molecule has 0 radical (unpaired) electrons. The van der Waals surface area contributed by atoms with Crippen LogP contribution in [-0.2, 0) is 6.42 Å². The molecule has 1 aromatic heterocycles. The number of thiophene rings is 1. The van der Waals surface area contributed by atoms with Crippen LogP contribution in [0.4, 0.5) is 0 Å². The van der Waals surface area contributed by atoms with Crippen molar-refractivity contribution in [3.05, 3.63) is 68.8 Å². The first kappa shape index (κ1) is 14.8. The third-order valence-electron chi connectivity index (χ3n) is 3.72. The third-order valence-corrected chi connectivity index (χ3v) is 5.70. The minimum Gasteiger partial charge on any atom is -0.309 e. The van der Waals surface area contributed by atoms with Gasteiger partial charge in [0.1, 0.15) is 0 Å². The minimum atomic E-state index is 0.357. The van der Waals surface area contributed by atoms with Crippen molar-refractivity contribution in [3.8, 4) is 0 Å². The first-order valence-electron chi connectivity index (χ1n) is 7.22. The first-order chi connectivity index (χ1) is 10.3. The van der Waals surface area contributed by atoms with E-state index in [0.29, 0.717) is 6.04 Å². The van der Waals surface area contributed by atoms with E-state index in [9.17, 15) is 0 Å². The van der Waals surface area contributed by atoms with Crippen LogP contribution in [0.3, 0.4) is 0 Å². The smallest absolute Gasteiger partial charge is 0.0467 e. The van der Waals surface area contributed by atoms with E-state index in [4.69, 9.17) is 0 Å². The van der Waals surface area contributed by atoms with Crippen LogP contribution in [0.1, 0.15) is 23.4 Å². The van der Waals surface area contributed by atoms with E-state index >= 15 is 0 Å². The average Bonchev–Trinajstić information content (AvgIpc) is 2.93. The van der Waals surface area contributed by atoms with Gasteiger partial charge < -0.3 is 5.32 Å². The van der Waals surface area contributed by atoms with Crippen LogP contribution in [0, 0.1) is 0 Å². The number of rotatable bonds is 5. The number of nitrogens with one attached hydrogen (secondary N) is 1. The van der Waals surface area contributed by atoms with Gasteiger partial charge in [-0.3, -0.25) is 0 Å². The lowest BCUT2D eigenvalue weighted by Gasteiger charge is -2.18. The van der Waals surface area contributed by atoms with Gasteiger partial charge in [-0.25, -0.2) is 0 Å². The standard InChI is InChI=1S/C18H18BrNS/c1-2-20-17(18-16(19)10-11-21-18)12-14-8-5-7-13-6-3-4-9-15(13)14/h3-11,17,20H,2,12H2,1H3. The summed E-state index contributed by atoms with van der Waals surface area (Å²) >= 11 is 5.48. The number of fused-ring (bicyclic) bond motifs is 1. The zero-order valence-corrected chi connectivity index (χ0v) is 14.4. The summed E-state index contributed by atoms with van der Waals surface area (Å²) in [6, 6.07) is 17.7. The Morgan fingerprint density at radius 3 is 2.67 bits per heavy atom. The maximum Gasteiger partial charge on any atom is 0.0467 e. The zero-order valence-electron chi connectivity index (χ0n) is 12.0. The summed E-state index contributed by atoms with van der Waals surface area (Å²) < 4.78 is 1.21. The molecule has 0 aliphatic rings. The van der Waals surface area contributed by atoms with Gasteiger partial charge in [-0.05, 0) is 56.7 Å². The summed E-state index contributed by atoms with van der Waals surface area (Å²) in [5, 5.41) is 8.44. The van der Waals surface area contributed by atoms with E-state index in [0.717, 1.165) is 13.0 Å². The molecule has 1 N–H and O–H groups in total. The van der Waals surface area contributed by atoms with Crippen LogP contribution in [0.25, 0.3) is 10.8 Å². The largest absolute Gasteiger partial charge is 0.309 e. The van der Waals surface area contributed by atoms with Gasteiger partial charge in [0.05, 0.1) is 0 Å². The van der Waals surface area contributed by atoms with Gasteiger partial charge in [-0.15, -0.1) is 11.3 Å². The zero-order chi connectivity index (χ0) is 14.7. The Bertz CT molecular complexity index is 729. The highest BCUT2D eigenvalue weighted by Gasteiger charge is 2.16. The van der Waals surface area contributed by atoms with Gasteiger partial charge in [0.2, 0.25) is 0 Å². The second kappa shape index (κ2) is 6.73. The van der Waals surface area contributed by atoms with Crippen molar-refractivity contribution in [2.24, 2.45) is 0 Å². The second-order valence-electron chi connectivity index (χ2n) is 5.09. The van der Waals surface area contributed by atoms with Crippen LogP contribution < -0.4 is 5.32 Å². The summed E-state index contributed by atoms with van der Waals surface area (Å²) in [5.74, 6) is 0. The normalized spacial score (nSPS) is 12.7. The molecule has 1 atom stereocenters. The Morgan fingerprint density at radius 1 is 1.10 bits per heavy atom. The molecule has 3 heteroatoms. The Morgan fingerprint density at radius 2 is 1.90 bits per heavy atom. The summed E-state index contributed by atoms with van der Waals surface area (Å²) in [7, 11) is 0. The molecule has 21 heavy (non-hydrogen) atoms. The topological polar surface area (TPSA) is 12.0 Å². The summed E-state index contributed by atoms with van der Waals surface area (Å²) in [4.78, 5) is 1.38. The molecule has 0 aliphatic carbocycles. The predicted molar refractivity (Wildman–Crippen MR) is 96.1 cm³/mol. The lowest BCUT2D eigenvalue weighted by molar-refractivity contribution is 0.558. The number of benzene rings is 2. The Kier molecular flexibility index (Phi) is 4.73. The number of likely N-dealkylation sites (N-methyl/N-ethyl adjacent to an activating group) is 1. The van der Waals surface area contributed by atoms with Gasteiger partial charge in [0, 0.05) is 15.4 Å². The maximum atomic E-state index is 3.67. The maximum absolute atomic E-state index is 3.67. The van der Waals surface area contributed by atoms with Crippen molar-refractivity contribution in [2.75, 3.05) is 6.54 Å². The highest BCUT2D eigenvalue weighted by Crippen LogP contribution is 2.32. The van der Waals surface area contributed by atoms with Crippen molar-refractivity contribution < 1.29 is 0 Å². The van der Waals surface area contributed by atoms with Crippen LogP contribution >= 0.6 is 27.3 Å². The van der Waals surface area contributed by atoms with Crippen molar-refractivity contribution in [1.29, 1.82) is 0 Å². The fourth-order valence-electron chi connectivity index (χ4n) is 2.75. The van der Waals surface area contributed by atoms with Gasteiger partial charge in [0.15, 0.2) is 0 Å². The molecule has 1 unspecified atom stereocenters. The molecule has 0 bridgehead atoms. The van der Waals surface area contributed by atoms with Gasteiger partial charge in [0.25, 0.3) is 0 Å². The number of hydrogen-bond donors (Lipinski definition) is 1. The first-order valence-corrected chi connectivity index (χ1v) is 8.89. The Balaban J connectivity index is 1.97. The van der Waals surface area contributed by atoms with Crippen LogP contribution in [0.2, 0.25) is 0 Å². The van der Waals surface area contributed by atoms with Crippen LogP contribution in [0.15, 0.2) is 58.4 Å². The van der Waals surface area contributed by atoms with Gasteiger partial charge in [-0.2, -0.15) is 0 Å². The van der Waals surface area contributed by atoms with Crippen molar-refractivity contribution in [2.45, 2.75) is 19.4 Å². The fourth-order valence-corrected chi connectivity index (χ4v) is 4.47. The van der Waals surface area contributed by atoms with Crippen LogP contribution in [-0.4, -0.2) is 6.54 Å². The quantitative estimate of drug-likeness (QED) is 0.628. The lowest BCUT2D eigenvalue weighted by Crippen LogP contribution is -2.22. The second-order valence-corrected chi connectivity index (χ2v) is 6.89. The monoisotopic (exact) mass is 359 g/mol. The number of halogens is 1.